The number of carboxylic acid groups (broad SMARTS) is 1. The van der Waals surface area contributed by atoms with Gasteiger partial charge in [0.2, 0.25) is 0 Å². The Bertz CT molecular complexity index is 404. The third kappa shape index (κ3) is 2.79. The van der Waals surface area contributed by atoms with Crippen molar-refractivity contribution in [1.29, 1.82) is 0 Å². The van der Waals surface area contributed by atoms with Crippen LogP contribution < -0.4 is 0 Å². The Balaban J connectivity index is 2.04. The summed E-state index contributed by atoms with van der Waals surface area (Å²) in [5, 5.41) is 9.70. The van der Waals surface area contributed by atoms with E-state index in [1.54, 1.807) is 0 Å². The standard InChI is InChI=1S/C13H16ClNO2/c1-9(10-2-4-12(14)5-3-10)15-7-6-11(8-15)13(16)17/h2-5,9,11H,6-8H2,1H3,(H,16,17). The number of benzene rings is 1. The summed E-state index contributed by atoms with van der Waals surface area (Å²) in [5.74, 6) is -0.902. The van der Waals surface area contributed by atoms with Crippen molar-refractivity contribution in [3.05, 3.63) is 34.9 Å². The van der Waals surface area contributed by atoms with Crippen molar-refractivity contribution < 1.29 is 9.90 Å². The fraction of sp³-hybridized carbons (Fsp3) is 0.462. The maximum absolute atomic E-state index is 10.9. The molecule has 17 heavy (non-hydrogen) atoms. The smallest absolute Gasteiger partial charge is 0.307 e. The number of carbonyl (C=O) groups is 1. The van der Waals surface area contributed by atoms with Crippen LogP contribution in [0.1, 0.15) is 24.9 Å². The Morgan fingerprint density at radius 2 is 2.12 bits per heavy atom. The van der Waals surface area contributed by atoms with Crippen LogP contribution in [-0.2, 0) is 4.79 Å². The first-order valence-electron chi connectivity index (χ1n) is 5.80. The minimum absolute atomic E-state index is 0.218. The molecule has 0 aromatic heterocycles. The van der Waals surface area contributed by atoms with Gasteiger partial charge in [0.1, 0.15) is 0 Å². The molecule has 1 fully saturated rings. The van der Waals surface area contributed by atoms with E-state index in [4.69, 9.17) is 16.7 Å². The molecule has 0 bridgehead atoms. The van der Waals surface area contributed by atoms with Gasteiger partial charge in [-0.15, -0.1) is 0 Å². The topological polar surface area (TPSA) is 40.5 Å². The summed E-state index contributed by atoms with van der Waals surface area (Å²) in [6, 6.07) is 8.00. The number of hydrogen-bond acceptors (Lipinski definition) is 2. The molecule has 1 N–H and O–H groups in total. The molecule has 2 unspecified atom stereocenters. The van der Waals surface area contributed by atoms with Crippen molar-refractivity contribution in [2.24, 2.45) is 5.92 Å². The molecule has 0 saturated carbocycles. The van der Waals surface area contributed by atoms with E-state index in [-0.39, 0.29) is 12.0 Å². The summed E-state index contributed by atoms with van der Waals surface area (Å²) in [5.41, 5.74) is 1.18. The summed E-state index contributed by atoms with van der Waals surface area (Å²) in [4.78, 5) is 13.1. The number of aliphatic carboxylic acids is 1. The molecule has 0 aliphatic carbocycles. The number of halogens is 1. The Labute approximate surface area is 106 Å². The van der Waals surface area contributed by atoms with Gasteiger partial charge in [0, 0.05) is 17.6 Å². The normalized spacial score (nSPS) is 22.6. The van der Waals surface area contributed by atoms with Crippen molar-refractivity contribution in [2.45, 2.75) is 19.4 Å². The molecule has 2 atom stereocenters. The maximum atomic E-state index is 10.9. The molecule has 1 aliphatic heterocycles. The van der Waals surface area contributed by atoms with Crippen molar-refractivity contribution in [2.75, 3.05) is 13.1 Å². The number of nitrogens with zero attached hydrogens (tertiary/aromatic N) is 1. The molecule has 1 saturated heterocycles. The number of rotatable bonds is 3. The lowest BCUT2D eigenvalue weighted by molar-refractivity contribution is -0.141. The zero-order valence-corrected chi connectivity index (χ0v) is 10.5. The zero-order valence-electron chi connectivity index (χ0n) is 9.77. The minimum Gasteiger partial charge on any atom is -0.481 e. The molecule has 2 rings (SSSR count). The van der Waals surface area contributed by atoms with Crippen LogP contribution in [0.25, 0.3) is 0 Å². The molecular weight excluding hydrogens is 238 g/mol. The number of hydrogen-bond donors (Lipinski definition) is 1. The highest BCUT2D eigenvalue weighted by Crippen LogP contribution is 2.28. The van der Waals surface area contributed by atoms with Crippen LogP contribution in [0.3, 0.4) is 0 Å². The molecule has 1 aliphatic rings. The highest BCUT2D eigenvalue weighted by atomic mass is 35.5. The van der Waals surface area contributed by atoms with E-state index < -0.39 is 5.97 Å². The van der Waals surface area contributed by atoms with Gasteiger partial charge in [-0.25, -0.2) is 0 Å². The van der Waals surface area contributed by atoms with Gasteiger partial charge in [0.25, 0.3) is 0 Å². The van der Waals surface area contributed by atoms with Gasteiger partial charge in [0.05, 0.1) is 5.92 Å². The third-order valence-electron chi connectivity index (χ3n) is 3.47. The predicted octanol–water partition coefficient (Wildman–Crippen LogP) is 2.81. The molecule has 1 aromatic rings. The van der Waals surface area contributed by atoms with E-state index in [1.807, 2.05) is 24.3 Å². The van der Waals surface area contributed by atoms with Crippen LogP contribution in [0.5, 0.6) is 0 Å². The van der Waals surface area contributed by atoms with Crippen LogP contribution in [0, 0.1) is 5.92 Å². The summed E-state index contributed by atoms with van der Waals surface area (Å²) in [6.45, 7) is 3.59. The Morgan fingerprint density at radius 3 is 2.65 bits per heavy atom. The van der Waals surface area contributed by atoms with Crippen LogP contribution >= 0.6 is 11.6 Å². The van der Waals surface area contributed by atoms with Crippen molar-refractivity contribution in [3.63, 3.8) is 0 Å². The van der Waals surface area contributed by atoms with Gasteiger partial charge in [-0.3, -0.25) is 9.69 Å². The van der Waals surface area contributed by atoms with Gasteiger partial charge in [-0.05, 0) is 37.6 Å². The Morgan fingerprint density at radius 1 is 1.47 bits per heavy atom. The highest BCUT2D eigenvalue weighted by Gasteiger charge is 2.30. The number of likely N-dealkylation sites (tertiary alicyclic amines) is 1. The second-order valence-electron chi connectivity index (χ2n) is 4.55. The zero-order chi connectivity index (χ0) is 12.4. The second-order valence-corrected chi connectivity index (χ2v) is 4.98. The van der Waals surface area contributed by atoms with Crippen molar-refractivity contribution in [1.82, 2.24) is 4.90 Å². The highest BCUT2D eigenvalue weighted by molar-refractivity contribution is 6.30. The largest absolute Gasteiger partial charge is 0.481 e. The first-order valence-corrected chi connectivity index (χ1v) is 6.18. The average molecular weight is 254 g/mol. The molecule has 3 nitrogen and oxygen atoms in total. The first-order chi connectivity index (χ1) is 8.08. The van der Waals surface area contributed by atoms with E-state index in [2.05, 4.69) is 11.8 Å². The SMILES string of the molecule is CC(c1ccc(Cl)cc1)N1CCC(C(=O)O)C1. The van der Waals surface area contributed by atoms with Crippen LogP contribution in [-0.4, -0.2) is 29.1 Å². The second kappa shape index (κ2) is 5.07. The lowest BCUT2D eigenvalue weighted by atomic mass is 10.1. The van der Waals surface area contributed by atoms with E-state index >= 15 is 0 Å². The van der Waals surface area contributed by atoms with Gasteiger partial charge in [0.15, 0.2) is 0 Å². The fourth-order valence-corrected chi connectivity index (χ4v) is 2.42. The van der Waals surface area contributed by atoms with E-state index in [9.17, 15) is 4.79 Å². The van der Waals surface area contributed by atoms with Crippen LogP contribution in [0.4, 0.5) is 0 Å². The van der Waals surface area contributed by atoms with Gasteiger partial charge >= 0.3 is 5.97 Å². The molecule has 0 radical (unpaired) electrons. The maximum Gasteiger partial charge on any atom is 0.307 e. The fourth-order valence-electron chi connectivity index (χ4n) is 2.29. The van der Waals surface area contributed by atoms with E-state index in [0.717, 1.165) is 18.0 Å². The van der Waals surface area contributed by atoms with Gasteiger partial charge < -0.3 is 5.11 Å². The molecule has 1 heterocycles. The Hall–Kier alpha value is -1.06. The first kappa shape index (κ1) is 12.4. The molecule has 0 spiro atoms. The summed E-state index contributed by atoms with van der Waals surface area (Å²) in [6.07, 6.45) is 0.743. The molecule has 92 valence electrons. The number of carboxylic acids is 1. The van der Waals surface area contributed by atoms with Crippen LogP contribution in [0.2, 0.25) is 5.02 Å². The molecule has 0 amide bonds. The van der Waals surface area contributed by atoms with E-state index in [0.29, 0.717) is 6.54 Å². The van der Waals surface area contributed by atoms with Crippen molar-refractivity contribution in [3.8, 4) is 0 Å². The van der Waals surface area contributed by atoms with Crippen LogP contribution in [0.15, 0.2) is 24.3 Å². The Kier molecular flexibility index (Phi) is 3.69. The molecule has 4 heteroatoms. The monoisotopic (exact) mass is 253 g/mol. The third-order valence-corrected chi connectivity index (χ3v) is 3.72. The lowest BCUT2D eigenvalue weighted by Gasteiger charge is -2.24. The lowest BCUT2D eigenvalue weighted by Crippen LogP contribution is -2.26. The summed E-state index contributed by atoms with van der Waals surface area (Å²) in [7, 11) is 0. The quantitative estimate of drug-likeness (QED) is 0.901. The van der Waals surface area contributed by atoms with E-state index in [1.165, 1.54) is 5.56 Å². The summed E-state index contributed by atoms with van der Waals surface area (Å²) < 4.78 is 0. The van der Waals surface area contributed by atoms with Gasteiger partial charge in [-0.1, -0.05) is 23.7 Å². The molecule has 1 aromatic carbocycles. The average Bonchev–Trinajstić information content (AvgIpc) is 2.78. The van der Waals surface area contributed by atoms with Gasteiger partial charge in [-0.2, -0.15) is 0 Å². The predicted molar refractivity (Wildman–Crippen MR) is 67.2 cm³/mol. The summed E-state index contributed by atoms with van der Waals surface area (Å²) >= 11 is 5.85. The van der Waals surface area contributed by atoms with Crippen molar-refractivity contribution >= 4 is 17.6 Å². The molecular formula is C13H16ClNO2. The minimum atomic E-state index is -0.684.